The summed E-state index contributed by atoms with van der Waals surface area (Å²) in [6.45, 7) is 8.76. The van der Waals surface area contributed by atoms with E-state index in [1.54, 1.807) is 7.11 Å². The molecule has 150 valence electrons. The Morgan fingerprint density at radius 3 is 2.64 bits per heavy atom. The fourth-order valence-electron chi connectivity index (χ4n) is 5.06. The first-order valence-electron chi connectivity index (χ1n) is 10.4. The first-order valence-corrected chi connectivity index (χ1v) is 10.8. The number of halogens is 1. The molecule has 0 spiro atoms. The second kappa shape index (κ2) is 8.44. The van der Waals surface area contributed by atoms with Gasteiger partial charge in [0.15, 0.2) is 0 Å². The number of rotatable bonds is 4. The van der Waals surface area contributed by atoms with Crippen molar-refractivity contribution in [3.05, 3.63) is 63.7 Å². The molecule has 2 aromatic rings. The molecule has 2 atom stereocenters. The van der Waals surface area contributed by atoms with Gasteiger partial charge in [0.1, 0.15) is 5.75 Å². The summed E-state index contributed by atoms with van der Waals surface area (Å²) in [5.41, 5.74) is 5.40. The van der Waals surface area contributed by atoms with Crippen molar-refractivity contribution in [3.8, 4) is 5.75 Å². The Hall–Kier alpha value is -1.55. The minimum Gasteiger partial charge on any atom is -0.496 e. The number of hydrogen-bond donors (Lipinski definition) is 0. The maximum atomic E-state index is 6.39. The summed E-state index contributed by atoms with van der Waals surface area (Å²) in [7, 11) is 1.76. The number of fused-ring (bicyclic) bond motifs is 1. The highest BCUT2D eigenvalue weighted by molar-refractivity contribution is 6.31. The second-order valence-corrected chi connectivity index (χ2v) is 8.68. The van der Waals surface area contributed by atoms with Gasteiger partial charge in [0.05, 0.1) is 7.11 Å². The SMILES string of the molecule is COc1ccc([C@H]2CCCC3CN(Cc4ccccc4Cl)CCN32)c(C)c1C. The van der Waals surface area contributed by atoms with Crippen LogP contribution in [0.5, 0.6) is 5.75 Å². The van der Waals surface area contributed by atoms with E-state index in [9.17, 15) is 0 Å². The molecule has 3 nitrogen and oxygen atoms in total. The Morgan fingerprint density at radius 2 is 1.86 bits per heavy atom. The second-order valence-electron chi connectivity index (χ2n) is 8.27. The van der Waals surface area contributed by atoms with Gasteiger partial charge in [-0.2, -0.15) is 0 Å². The summed E-state index contributed by atoms with van der Waals surface area (Å²) in [5.74, 6) is 0.998. The number of methoxy groups -OCH3 is 1. The first kappa shape index (κ1) is 19.8. The third-order valence-electron chi connectivity index (χ3n) is 6.74. The quantitative estimate of drug-likeness (QED) is 0.687. The number of piperidine rings is 1. The van der Waals surface area contributed by atoms with Crippen LogP contribution in [-0.4, -0.2) is 42.6 Å². The van der Waals surface area contributed by atoms with Crippen LogP contribution >= 0.6 is 11.6 Å². The molecule has 2 heterocycles. The number of ether oxygens (including phenoxy) is 1. The van der Waals surface area contributed by atoms with Crippen LogP contribution in [0.15, 0.2) is 36.4 Å². The van der Waals surface area contributed by atoms with Gasteiger partial charge in [0.2, 0.25) is 0 Å². The zero-order chi connectivity index (χ0) is 19.7. The van der Waals surface area contributed by atoms with E-state index in [1.165, 1.54) is 41.5 Å². The lowest BCUT2D eigenvalue weighted by Crippen LogP contribution is -2.55. The molecule has 2 aromatic carbocycles. The molecule has 2 aliphatic heterocycles. The monoisotopic (exact) mass is 398 g/mol. The van der Waals surface area contributed by atoms with Gasteiger partial charge in [-0.05, 0) is 67.5 Å². The van der Waals surface area contributed by atoms with Crippen molar-refractivity contribution >= 4 is 11.6 Å². The lowest BCUT2D eigenvalue weighted by Gasteiger charge is -2.49. The van der Waals surface area contributed by atoms with E-state index in [2.05, 4.69) is 47.9 Å². The molecule has 4 heteroatoms. The topological polar surface area (TPSA) is 15.7 Å². The standard InChI is InChI=1S/C24H31ClN2O/c1-17-18(2)24(28-3)12-11-21(17)23-10-6-8-20-16-26(13-14-27(20)23)15-19-7-4-5-9-22(19)25/h4-5,7,9,11-12,20,23H,6,8,10,13-16H2,1-3H3/t20?,23-/m1/s1. The van der Waals surface area contributed by atoms with E-state index in [-0.39, 0.29) is 0 Å². The van der Waals surface area contributed by atoms with Gasteiger partial charge < -0.3 is 4.74 Å². The Labute approximate surface area is 174 Å². The zero-order valence-corrected chi connectivity index (χ0v) is 18.0. The third kappa shape index (κ3) is 3.80. The zero-order valence-electron chi connectivity index (χ0n) is 17.2. The summed E-state index contributed by atoms with van der Waals surface area (Å²) in [5, 5.41) is 0.885. The van der Waals surface area contributed by atoms with Crippen molar-refractivity contribution in [1.82, 2.24) is 9.80 Å². The molecule has 0 N–H and O–H groups in total. The average Bonchev–Trinajstić information content (AvgIpc) is 2.71. The van der Waals surface area contributed by atoms with Crippen LogP contribution in [0.1, 0.15) is 47.6 Å². The predicted octanol–water partition coefficient (Wildman–Crippen LogP) is 5.38. The smallest absolute Gasteiger partial charge is 0.122 e. The van der Waals surface area contributed by atoms with Crippen LogP contribution in [0.25, 0.3) is 0 Å². The molecule has 0 saturated carbocycles. The molecule has 0 bridgehead atoms. The molecular formula is C24H31ClN2O. The Balaban J connectivity index is 1.50. The largest absolute Gasteiger partial charge is 0.496 e. The highest BCUT2D eigenvalue weighted by Crippen LogP contribution is 2.39. The van der Waals surface area contributed by atoms with E-state index in [0.717, 1.165) is 37.0 Å². The number of piperazine rings is 1. The molecule has 0 radical (unpaired) electrons. The molecule has 4 rings (SSSR count). The van der Waals surface area contributed by atoms with Crippen LogP contribution in [0, 0.1) is 13.8 Å². The summed E-state index contributed by atoms with van der Waals surface area (Å²) < 4.78 is 5.52. The van der Waals surface area contributed by atoms with Crippen LogP contribution in [0.4, 0.5) is 0 Å². The van der Waals surface area contributed by atoms with E-state index in [0.29, 0.717) is 12.1 Å². The Bertz CT molecular complexity index is 837. The van der Waals surface area contributed by atoms with Crippen molar-refractivity contribution in [3.63, 3.8) is 0 Å². The highest BCUT2D eigenvalue weighted by atomic mass is 35.5. The number of hydrogen-bond acceptors (Lipinski definition) is 3. The Morgan fingerprint density at radius 1 is 1.04 bits per heavy atom. The minimum atomic E-state index is 0.533. The summed E-state index contributed by atoms with van der Waals surface area (Å²) in [4.78, 5) is 5.34. The van der Waals surface area contributed by atoms with Gasteiger partial charge in [-0.25, -0.2) is 0 Å². The van der Waals surface area contributed by atoms with Gasteiger partial charge in [-0.1, -0.05) is 35.9 Å². The third-order valence-corrected chi connectivity index (χ3v) is 7.11. The van der Waals surface area contributed by atoms with E-state index < -0.39 is 0 Å². The van der Waals surface area contributed by atoms with Crippen molar-refractivity contribution in [2.75, 3.05) is 26.7 Å². The molecular weight excluding hydrogens is 368 g/mol. The lowest BCUT2D eigenvalue weighted by atomic mass is 9.86. The maximum absolute atomic E-state index is 6.39. The van der Waals surface area contributed by atoms with Crippen LogP contribution in [0.2, 0.25) is 5.02 Å². The Kier molecular flexibility index (Phi) is 5.96. The van der Waals surface area contributed by atoms with E-state index in [1.807, 2.05) is 12.1 Å². The minimum absolute atomic E-state index is 0.533. The number of nitrogens with zero attached hydrogens (tertiary/aromatic N) is 2. The van der Waals surface area contributed by atoms with Crippen molar-refractivity contribution in [1.29, 1.82) is 0 Å². The van der Waals surface area contributed by atoms with Crippen molar-refractivity contribution in [2.24, 2.45) is 0 Å². The molecule has 2 aliphatic rings. The van der Waals surface area contributed by atoms with Gasteiger partial charge in [-0.3, -0.25) is 9.80 Å². The first-order chi connectivity index (χ1) is 13.6. The van der Waals surface area contributed by atoms with E-state index >= 15 is 0 Å². The molecule has 28 heavy (non-hydrogen) atoms. The summed E-state index contributed by atoms with van der Waals surface area (Å²) in [6, 6.07) is 13.9. The number of benzene rings is 2. The average molecular weight is 399 g/mol. The fourth-order valence-corrected chi connectivity index (χ4v) is 5.25. The van der Waals surface area contributed by atoms with Crippen LogP contribution in [-0.2, 0) is 6.54 Å². The highest BCUT2D eigenvalue weighted by Gasteiger charge is 2.36. The molecule has 1 unspecified atom stereocenters. The van der Waals surface area contributed by atoms with Gasteiger partial charge >= 0.3 is 0 Å². The molecule has 0 amide bonds. The summed E-state index contributed by atoms with van der Waals surface area (Å²) >= 11 is 6.39. The van der Waals surface area contributed by atoms with Crippen molar-refractivity contribution in [2.45, 2.75) is 51.7 Å². The van der Waals surface area contributed by atoms with Crippen molar-refractivity contribution < 1.29 is 4.74 Å². The van der Waals surface area contributed by atoms with Gasteiger partial charge in [-0.15, -0.1) is 0 Å². The lowest BCUT2D eigenvalue weighted by molar-refractivity contribution is 0.00618. The molecule has 0 aromatic heterocycles. The van der Waals surface area contributed by atoms with Crippen LogP contribution < -0.4 is 4.74 Å². The normalized spacial score (nSPS) is 23.4. The summed E-state index contributed by atoms with van der Waals surface area (Å²) in [6.07, 6.45) is 3.85. The maximum Gasteiger partial charge on any atom is 0.122 e. The van der Waals surface area contributed by atoms with E-state index in [4.69, 9.17) is 16.3 Å². The predicted molar refractivity (Wildman–Crippen MR) is 116 cm³/mol. The van der Waals surface area contributed by atoms with Crippen LogP contribution in [0.3, 0.4) is 0 Å². The fraction of sp³-hybridized carbons (Fsp3) is 0.500. The molecule has 0 aliphatic carbocycles. The van der Waals surface area contributed by atoms with Gasteiger partial charge in [0.25, 0.3) is 0 Å². The molecule has 2 saturated heterocycles. The van der Waals surface area contributed by atoms with Gasteiger partial charge in [0, 0.05) is 43.3 Å². The molecule has 2 fully saturated rings.